The molecule has 2 atom stereocenters. The SMILES string of the molecule is CCC(C)c1ccc(C(NC(=O)Cc2csc(N3CCCC3=O)n2)C(C)C)cc1. The molecule has 156 valence electrons. The lowest BCUT2D eigenvalue weighted by atomic mass is 9.92. The van der Waals surface area contributed by atoms with Gasteiger partial charge in [-0.2, -0.15) is 0 Å². The fourth-order valence-corrected chi connectivity index (χ4v) is 4.51. The number of nitrogens with zero attached hydrogens (tertiary/aromatic N) is 2. The molecule has 2 aromatic rings. The Morgan fingerprint density at radius 3 is 2.48 bits per heavy atom. The highest BCUT2D eigenvalue weighted by Gasteiger charge is 2.25. The van der Waals surface area contributed by atoms with Crippen LogP contribution in [0.3, 0.4) is 0 Å². The number of hydrogen-bond donors (Lipinski definition) is 1. The van der Waals surface area contributed by atoms with Crippen molar-refractivity contribution < 1.29 is 9.59 Å². The van der Waals surface area contributed by atoms with E-state index in [1.54, 1.807) is 4.90 Å². The van der Waals surface area contributed by atoms with Crippen molar-refractivity contribution in [2.24, 2.45) is 5.92 Å². The fraction of sp³-hybridized carbons (Fsp3) is 0.522. The Hall–Kier alpha value is -2.21. The van der Waals surface area contributed by atoms with Gasteiger partial charge in [-0.1, -0.05) is 52.0 Å². The van der Waals surface area contributed by atoms with Gasteiger partial charge in [0.15, 0.2) is 5.13 Å². The molecule has 0 saturated carbocycles. The molecule has 29 heavy (non-hydrogen) atoms. The van der Waals surface area contributed by atoms with Crippen molar-refractivity contribution in [3.63, 3.8) is 0 Å². The third kappa shape index (κ3) is 5.24. The van der Waals surface area contributed by atoms with E-state index < -0.39 is 0 Å². The normalized spacial score (nSPS) is 16.3. The predicted octanol–water partition coefficient (Wildman–Crippen LogP) is 4.84. The third-order valence-corrected chi connectivity index (χ3v) is 6.56. The molecule has 2 unspecified atom stereocenters. The first-order valence-electron chi connectivity index (χ1n) is 10.5. The van der Waals surface area contributed by atoms with Crippen LogP contribution in [0.1, 0.15) is 75.7 Å². The van der Waals surface area contributed by atoms with Gasteiger partial charge in [0, 0.05) is 18.3 Å². The van der Waals surface area contributed by atoms with Crippen molar-refractivity contribution in [3.05, 3.63) is 46.5 Å². The predicted molar refractivity (Wildman–Crippen MR) is 118 cm³/mol. The highest BCUT2D eigenvalue weighted by atomic mass is 32.1. The average Bonchev–Trinajstić information content (AvgIpc) is 3.34. The van der Waals surface area contributed by atoms with Gasteiger partial charge in [-0.3, -0.25) is 14.5 Å². The standard InChI is InChI=1S/C23H31N3O2S/c1-5-16(4)17-8-10-18(11-9-17)22(15(2)3)25-20(27)13-19-14-29-23(24-19)26-12-6-7-21(26)28/h8-11,14-16,22H,5-7,12-13H2,1-4H3,(H,25,27). The molecule has 1 aliphatic rings. The van der Waals surface area contributed by atoms with Gasteiger partial charge in [-0.05, 0) is 35.8 Å². The summed E-state index contributed by atoms with van der Waals surface area (Å²) in [4.78, 5) is 30.8. The Labute approximate surface area is 177 Å². The van der Waals surface area contributed by atoms with Crippen LogP contribution < -0.4 is 10.2 Å². The number of rotatable bonds is 8. The zero-order valence-electron chi connectivity index (χ0n) is 17.8. The third-order valence-electron chi connectivity index (χ3n) is 5.65. The van der Waals surface area contributed by atoms with Gasteiger partial charge in [0.25, 0.3) is 0 Å². The van der Waals surface area contributed by atoms with Gasteiger partial charge in [-0.25, -0.2) is 4.98 Å². The van der Waals surface area contributed by atoms with Gasteiger partial charge in [0.05, 0.1) is 18.2 Å². The zero-order chi connectivity index (χ0) is 21.0. The number of anilines is 1. The Morgan fingerprint density at radius 1 is 1.21 bits per heavy atom. The van der Waals surface area contributed by atoms with Crippen molar-refractivity contribution in [3.8, 4) is 0 Å². The van der Waals surface area contributed by atoms with E-state index in [-0.39, 0.29) is 30.2 Å². The molecule has 1 N–H and O–H groups in total. The monoisotopic (exact) mass is 413 g/mol. The van der Waals surface area contributed by atoms with Crippen LogP contribution in [-0.2, 0) is 16.0 Å². The quantitative estimate of drug-likeness (QED) is 0.674. The summed E-state index contributed by atoms with van der Waals surface area (Å²) in [7, 11) is 0. The summed E-state index contributed by atoms with van der Waals surface area (Å²) in [5.41, 5.74) is 3.18. The van der Waals surface area contributed by atoms with Gasteiger partial charge in [0.2, 0.25) is 11.8 Å². The molecule has 1 fully saturated rings. The number of thiazole rings is 1. The highest BCUT2D eigenvalue weighted by molar-refractivity contribution is 7.14. The summed E-state index contributed by atoms with van der Waals surface area (Å²) >= 11 is 1.43. The number of carbonyl (C=O) groups excluding carboxylic acids is 2. The molecule has 1 aliphatic heterocycles. The summed E-state index contributed by atoms with van der Waals surface area (Å²) in [6.07, 6.45) is 2.80. The molecule has 3 rings (SSSR count). The van der Waals surface area contributed by atoms with Crippen LogP contribution in [-0.4, -0.2) is 23.3 Å². The summed E-state index contributed by atoms with van der Waals surface area (Å²) in [5.74, 6) is 0.898. The second-order valence-electron chi connectivity index (χ2n) is 8.21. The summed E-state index contributed by atoms with van der Waals surface area (Å²) in [5, 5.41) is 5.76. The summed E-state index contributed by atoms with van der Waals surface area (Å²) in [6.45, 7) is 9.38. The molecule has 2 heterocycles. The second kappa shape index (κ2) is 9.53. The van der Waals surface area contributed by atoms with Crippen LogP contribution >= 0.6 is 11.3 Å². The van der Waals surface area contributed by atoms with E-state index in [2.05, 4.69) is 62.3 Å². The molecular formula is C23H31N3O2S. The molecule has 5 nitrogen and oxygen atoms in total. The summed E-state index contributed by atoms with van der Waals surface area (Å²) < 4.78 is 0. The first-order valence-corrected chi connectivity index (χ1v) is 11.4. The van der Waals surface area contributed by atoms with Crippen molar-refractivity contribution in [2.45, 2.75) is 65.3 Å². The van der Waals surface area contributed by atoms with Crippen LogP contribution in [0.4, 0.5) is 5.13 Å². The number of hydrogen-bond acceptors (Lipinski definition) is 4. The van der Waals surface area contributed by atoms with Crippen LogP contribution in [0.15, 0.2) is 29.6 Å². The average molecular weight is 414 g/mol. The number of carbonyl (C=O) groups is 2. The molecular weight excluding hydrogens is 382 g/mol. The Balaban J connectivity index is 1.64. The van der Waals surface area contributed by atoms with Crippen molar-refractivity contribution in [2.75, 3.05) is 11.4 Å². The lowest BCUT2D eigenvalue weighted by Crippen LogP contribution is -2.33. The smallest absolute Gasteiger partial charge is 0.228 e. The van der Waals surface area contributed by atoms with E-state index in [1.807, 2.05) is 5.38 Å². The molecule has 2 amide bonds. The number of aromatic nitrogens is 1. The van der Waals surface area contributed by atoms with Crippen molar-refractivity contribution in [1.82, 2.24) is 10.3 Å². The van der Waals surface area contributed by atoms with E-state index in [4.69, 9.17) is 0 Å². The minimum atomic E-state index is -0.0423. The second-order valence-corrected chi connectivity index (χ2v) is 9.05. The summed E-state index contributed by atoms with van der Waals surface area (Å²) in [6, 6.07) is 8.57. The van der Waals surface area contributed by atoms with Gasteiger partial charge in [0.1, 0.15) is 0 Å². The number of benzene rings is 1. The van der Waals surface area contributed by atoms with Gasteiger partial charge in [-0.15, -0.1) is 11.3 Å². The van der Waals surface area contributed by atoms with Crippen LogP contribution in [0.25, 0.3) is 0 Å². The van der Waals surface area contributed by atoms with Gasteiger partial charge >= 0.3 is 0 Å². The maximum absolute atomic E-state index is 12.7. The fourth-order valence-electron chi connectivity index (χ4n) is 3.64. The van der Waals surface area contributed by atoms with E-state index in [0.29, 0.717) is 17.5 Å². The Kier molecular flexibility index (Phi) is 7.06. The molecule has 6 heteroatoms. The molecule has 1 aromatic carbocycles. The van der Waals surface area contributed by atoms with E-state index >= 15 is 0 Å². The van der Waals surface area contributed by atoms with Gasteiger partial charge < -0.3 is 5.32 Å². The molecule has 0 radical (unpaired) electrons. The largest absolute Gasteiger partial charge is 0.349 e. The Morgan fingerprint density at radius 2 is 1.90 bits per heavy atom. The topological polar surface area (TPSA) is 62.3 Å². The van der Waals surface area contributed by atoms with Crippen LogP contribution in [0, 0.1) is 5.92 Å². The van der Waals surface area contributed by atoms with E-state index in [1.165, 1.54) is 16.9 Å². The minimum absolute atomic E-state index is 0.0354. The van der Waals surface area contributed by atoms with Crippen LogP contribution in [0.2, 0.25) is 0 Å². The zero-order valence-corrected chi connectivity index (χ0v) is 18.6. The van der Waals surface area contributed by atoms with Crippen molar-refractivity contribution in [1.29, 1.82) is 0 Å². The first-order chi connectivity index (χ1) is 13.9. The maximum atomic E-state index is 12.7. The molecule has 0 bridgehead atoms. The minimum Gasteiger partial charge on any atom is -0.349 e. The van der Waals surface area contributed by atoms with E-state index in [9.17, 15) is 9.59 Å². The molecule has 0 aliphatic carbocycles. The molecule has 0 spiro atoms. The maximum Gasteiger partial charge on any atom is 0.228 e. The Bertz CT molecular complexity index is 844. The number of nitrogens with one attached hydrogen (secondary N) is 1. The van der Waals surface area contributed by atoms with Crippen LogP contribution in [0.5, 0.6) is 0 Å². The lowest BCUT2D eigenvalue weighted by Gasteiger charge is -2.23. The number of amides is 2. The molecule has 1 aromatic heterocycles. The first kappa shape index (κ1) is 21.5. The lowest BCUT2D eigenvalue weighted by molar-refractivity contribution is -0.121. The molecule has 1 saturated heterocycles. The van der Waals surface area contributed by atoms with E-state index in [0.717, 1.165) is 30.6 Å². The van der Waals surface area contributed by atoms with Crippen molar-refractivity contribution >= 4 is 28.3 Å². The highest BCUT2D eigenvalue weighted by Crippen LogP contribution is 2.27.